The smallest absolute Gasteiger partial charge is 0.410 e. The molecule has 0 atom stereocenters. The van der Waals surface area contributed by atoms with Crippen LogP contribution in [0.3, 0.4) is 0 Å². The van der Waals surface area contributed by atoms with Crippen LogP contribution in [-0.4, -0.2) is 44.7 Å². The Morgan fingerprint density at radius 2 is 1.70 bits per heavy atom. The highest BCUT2D eigenvalue weighted by Crippen LogP contribution is 2.28. The average molecular weight is 527 g/mol. The number of amides is 1. The fourth-order valence-corrected chi connectivity index (χ4v) is 3.55. The number of carbonyl (C=O) groups is 1. The van der Waals surface area contributed by atoms with Crippen molar-refractivity contribution in [2.24, 2.45) is 5.41 Å². The standard InChI is InChI=1S/C28H35ClN4O4/c1-8-33(26(35)37-28(5,6)7)16-18-9-14-22(29)21(15-18)24-30-23(31-25(34)32-24)19-10-12-20(13-11-19)36-17-27(2,3)4/h9-15H,8,16-17H2,1-7H3,(H,30,31,32,34). The molecule has 0 bridgehead atoms. The average Bonchev–Trinajstić information content (AvgIpc) is 2.80. The number of H-pyrrole nitrogens is 1. The minimum Gasteiger partial charge on any atom is -0.493 e. The van der Waals surface area contributed by atoms with E-state index >= 15 is 0 Å². The number of ether oxygens (including phenoxy) is 2. The first kappa shape index (κ1) is 28.2. The molecule has 1 heterocycles. The Bertz CT molecular complexity index is 1290. The molecule has 198 valence electrons. The summed E-state index contributed by atoms with van der Waals surface area (Å²) >= 11 is 6.49. The van der Waals surface area contributed by atoms with Gasteiger partial charge in [0, 0.05) is 24.2 Å². The van der Waals surface area contributed by atoms with Crippen molar-refractivity contribution in [2.45, 2.75) is 60.6 Å². The van der Waals surface area contributed by atoms with Crippen molar-refractivity contribution >= 4 is 17.7 Å². The molecule has 37 heavy (non-hydrogen) atoms. The van der Waals surface area contributed by atoms with Crippen LogP contribution in [0.4, 0.5) is 4.79 Å². The van der Waals surface area contributed by atoms with Gasteiger partial charge in [-0.3, -0.25) is 4.98 Å². The van der Waals surface area contributed by atoms with E-state index in [0.717, 1.165) is 11.3 Å². The van der Waals surface area contributed by atoms with Gasteiger partial charge in [-0.05, 0) is 75.1 Å². The summed E-state index contributed by atoms with van der Waals surface area (Å²) in [5.41, 5.74) is 0.920. The van der Waals surface area contributed by atoms with Gasteiger partial charge in [-0.15, -0.1) is 0 Å². The van der Waals surface area contributed by atoms with E-state index in [-0.39, 0.29) is 17.1 Å². The molecule has 3 rings (SSSR count). The quantitative estimate of drug-likeness (QED) is 0.386. The van der Waals surface area contributed by atoms with Crippen LogP contribution in [0.25, 0.3) is 22.8 Å². The molecule has 0 saturated heterocycles. The molecule has 0 unspecified atom stereocenters. The molecule has 0 radical (unpaired) electrons. The Labute approximate surface area is 223 Å². The first-order valence-corrected chi connectivity index (χ1v) is 12.6. The molecule has 0 aliphatic rings. The summed E-state index contributed by atoms with van der Waals surface area (Å²) in [5, 5.41) is 0.412. The molecule has 1 N–H and O–H groups in total. The van der Waals surface area contributed by atoms with E-state index < -0.39 is 17.4 Å². The lowest BCUT2D eigenvalue weighted by atomic mass is 9.99. The van der Waals surface area contributed by atoms with Crippen molar-refractivity contribution in [2.75, 3.05) is 13.2 Å². The van der Waals surface area contributed by atoms with E-state index in [1.807, 2.05) is 58.0 Å². The lowest BCUT2D eigenvalue weighted by Crippen LogP contribution is -2.36. The maximum atomic E-state index is 12.6. The second kappa shape index (κ2) is 11.3. The van der Waals surface area contributed by atoms with Gasteiger partial charge in [-0.1, -0.05) is 38.4 Å². The number of hydrogen-bond donors (Lipinski definition) is 1. The van der Waals surface area contributed by atoms with E-state index in [1.54, 1.807) is 17.0 Å². The van der Waals surface area contributed by atoms with Crippen molar-refractivity contribution < 1.29 is 14.3 Å². The first-order chi connectivity index (χ1) is 17.2. The van der Waals surface area contributed by atoms with E-state index in [1.165, 1.54) is 0 Å². The molecular formula is C28H35ClN4O4. The zero-order valence-corrected chi connectivity index (χ0v) is 23.3. The second-order valence-corrected chi connectivity index (χ2v) is 11.4. The summed E-state index contributed by atoms with van der Waals surface area (Å²) < 4.78 is 11.3. The molecule has 0 aliphatic heterocycles. The van der Waals surface area contributed by atoms with Crippen molar-refractivity contribution in [1.82, 2.24) is 19.9 Å². The van der Waals surface area contributed by atoms with Crippen LogP contribution in [0.1, 0.15) is 54.0 Å². The maximum absolute atomic E-state index is 12.6. The van der Waals surface area contributed by atoms with Gasteiger partial charge in [0.15, 0.2) is 5.82 Å². The van der Waals surface area contributed by atoms with Gasteiger partial charge in [-0.25, -0.2) is 14.6 Å². The topological polar surface area (TPSA) is 97.4 Å². The summed E-state index contributed by atoms with van der Waals surface area (Å²) in [5.74, 6) is 1.28. The number of rotatable bonds is 7. The Balaban J connectivity index is 1.87. The fourth-order valence-electron chi connectivity index (χ4n) is 3.35. The summed E-state index contributed by atoms with van der Waals surface area (Å²) in [4.78, 5) is 37.9. The number of benzene rings is 2. The van der Waals surface area contributed by atoms with Gasteiger partial charge in [-0.2, -0.15) is 4.98 Å². The van der Waals surface area contributed by atoms with Crippen molar-refractivity contribution in [1.29, 1.82) is 0 Å². The Hall–Kier alpha value is -3.39. The SMILES string of the molecule is CCN(Cc1ccc(Cl)c(-c2nc(-c3ccc(OCC(C)(C)C)cc3)nc(=O)[nH]2)c1)C(=O)OC(C)(C)C. The largest absolute Gasteiger partial charge is 0.493 e. The van der Waals surface area contributed by atoms with Gasteiger partial charge >= 0.3 is 11.8 Å². The molecule has 1 amide bonds. The number of nitrogens with zero attached hydrogens (tertiary/aromatic N) is 3. The highest BCUT2D eigenvalue weighted by molar-refractivity contribution is 6.33. The van der Waals surface area contributed by atoms with Gasteiger partial charge in [0.1, 0.15) is 17.2 Å². The van der Waals surface area contributed by atoms with Crippen LogP contribution in [0.5, 0.6) is 5.75 Å². The second-order valence-electron chi connectivity index (χ2n) is 11.0. The highest BCUT2D eigenvalue weighted by Gasteiger charge is 2.22. The third kappa shape index (κ3) is 8.32. The Morgan fingerprint density at radius 3 is 2.30 bits per heavy atom. The zero-order valence-electron chi connectivity index (χ0n) is 22.5. The molecule has 0 saturated carbocycles. The predicted molar refractivity (Wildman–Crippen MR) is 146 cm³/mol. The van der Waals surface area contributed by atoms with Crippen LogP contribution in [-0.2, 0) is 11.3 Å². The van der Waals surface area contributed by atoms with Crippen molar-refractivity contribution in [3.63, 3.8) is 0 Å². The molecular weight excluding hydrogens is 492 g/mol. The van der Waals surface area contributed by atoms with Gasteiger partial charge in [0.25, 0.3) is 0 Å². The van der Waals surface area contributed by atoms with E-state index in [9.17, 15) is 9.59 Å². The molecule has 9 heteroatoms. The minimum atomic E-state index is -0.594. The molecule has 0 aliphatic carbocycles. The molecule has 2 aromatic carbocycles. The number of carbonyl (C=O) groups excluding carboxylic acids is 1. The number of nitrogens with one attached hydrogen (secondary N) is 1. The molecule has 1 aromatic heterocycles. The van der Waals surface area contributed by atoms with Gasteiger partial charge < -0.3 is 14.4 Å². The maximum Gasteiger partial charge on any atom is 0.410 e. The lowest BCUT2D eigenvalue weighted by Gasteiger charge is -2.26. The van der Waals surface area contributed by atoms with Crippen LogP contribution in [0.15, 0.2) is 47.3 Å². The highest BCUT2D eigenvalue weighted by atomic mass is 35.5. The zero-order chi connectivity index (χ0) is 27.4. The third-order valence-electron chi connectivity index (χ3n) is 5.13. The lowest BCUT2D eigenvalue weighted by molar-refractivity contribution is 0.0244. The number of aromatic nitrogens is 3. The normalized spacial score (nSPS) is 11.8. The van der Waals surface area contributed by atoms with Gasteiger partial charge in [0.05, 0.1) is 11.6 Å². The molecule has 3 aromatic rings. The number of aromatic amines is 1. The first-order valence-electron chi connectivity index (χ1n) is 12.2. The monoisotopic (exact) mass is 526 g/mol. The summed E-state index contributed by atoms with van der Waals surface area (Å²) in [6.07, 6.45) is -0.404. The Kier molecular flexibility index (Phi) is 8.64. The summed E-state index contributed by atoms with van der Waals surface area (Å²) in [6.45, 7) is 15.0. The molecule has 8 nitrogen and oxygen atoms in total. The molecule has 0 fully saturated rings. The van der Waals surface area contributed by atoms with Gasteiger partial charge in [0.2, 0.25) is 0 Å². The van der Waals surface area contributed by atoms with Crippen LogP contribution < -0.4 is 10.4 Å². The van der Waals surface area contributed by atoms with E-state index in [0.29, 0.717) is 35.8 Å². The summed E-state index contributed by atoms with van der Waals surface area (Å²) in [6, 6.07) is 12.6. The molecule has 0 spiro atoms. The van der Waals surface area contributed by atoms with Crippen molar-refractivity contribution in [3.8, 4) is 28.5 Å². The van der Waals surface area contributed by atoms with Crippen LogP contribution in [0.2, 0.25) is 5.02 Å². The van der Waals surface area contributed by atoms with Crippen molar-refractivity contribution in [3.05, 3.63) is 63.5 Å². The van der Waals surface area contributed by atoms with E-state index in [2.05, 4.69) is 35.7 Å². The number of halogens is 1. The fraction of sp³-hybridized carbons (Fsp3) is 0.429. The predicted octanol–water partition coefficient (Wildman–Crippen LogP) is 6.33. The number of hydrogen-bond acceptors (Lipinski definition) is 6. The summed E-state index contributed by atoms with van der Waals surface area (Å²) in [7, 11) is 0. The Morgan fingerprint density at radius 1 is 1.03 bits per heavy atom. The van der Waals surface area contributed by atoms with Crippen LogP contribution >= 0.6 is 11.6 Å². The third-order valence-corrected chi connectivity index (χ3v) is 5.46. The van der Waals surface area contributed by atoms with Crippen LogP contribution in [0, 0.1) is 5.41 Å². The minimum absolute atomic E-state index is 0.0400. The van der Waals surface area contributed by atoms with E-state index in [4.69, 9.17) is 21.1 Å².